The number of nitrogens with zero attached hydrogens (tertiary/aromatic N) is 1. The Balaban J connectivity index is 3.67. The molecule has 1 aromatic rings. The van der Waals surface area contributed by atoms with E-state index in [0.29, 0.717) is 5.57 Å². The third kappa shape index (κ3) is 1.83. The van der Waals surface area contributed by atoms with Gasteiger partial charge in [-0.25, -0.2) is 19.0 Å². The van der Waals surface area contributed by atoms with Crippen molar-refractivity contribution in [1.29, 1.82) is 0 Å². The maximum Gasteiger partial charge on any atom is 0.334 e. The maximum absolute atomic E-state index is 11.5. The minimum Gasteiger partial charge on any atom is -0.259 e. The van der Waals surface area contributed by atoms with Gasteiger partial charge in [0.1, 0.15) is 0 Å². The van der Waals surface area contributed by atoms with E-state index in [1.54, 1.807) is 20.8 Å². The highest BCUT2D eigenvalue weighted by Gasteiger charge is 2.25. The summed E-state index contributed by atoms with van der Waals surface area (Å²) in [6, 6.07) is 0. The van der Waals surface area contributed by atoms with Gasteiger partial charge < -0.3 is 0 Å². The molecule has 0 atom stereocenters. The Morgan fingerprint density at radius 2 is 1.60 bits per heavy atom. The fourth-order valence-electron chi connectivity index (χ4n) is 1.13. The number of hydrogen-bond donors (Lipinski definition) is 2. The number of allylic oxidation sites excluding steroid dienone is 1. The van der Waals surface area contributed by atoms with Gasteiger partial charge in [0.05, 0.1) is 5.54 Å². The predicted octanol–water partition coefficient (Wildman–Crippen LogP) is -0.464. The Morgan fingerprint density at radius 3 is 1.93 bits per heavy atom. The van der Waals surface area contributed by atoms with Gasteiger partial charge in [0.15, 0.2) is 0 Å². The molecule has 0 radical (unpaired) electrons. The fraction of sp³-hybridized carbons (Fsp3) is 0.444. The third-order valence-corrected chi connectivity index (χ3v) is 2.45. The molecule has 0 spiro atoms. The summed E-state index contributed by atoms with van der Waals surface area (Å²) in [7, 11) is 0. The predicted molar refractivity (Wildman–Crippen MR) is 56.1 cm³/mol. The van der Waals surface area contributed by atoms with Crippen LogP contribution in [0.3, 0.4) is 0 Å². The van der Waals surface area contributed by atoms with Gasteiger partial charge in [-0.15, -0.1) is 0 Å². The van der Waals surface area contributed by atoms with Crippen LogP contribution in [0.25, 0.3) is 0 Å². The van der Waals surface area contributed by atoms with Gasteiger partial charge in [0.25, 0.3) is 0 Å². The lowest BCUT2D eigenvalue weighted by Gasteiger charge is -2.25. The van der Waals surface area contributed by atoms with Crippen molar-refractivity contribution in [3.05, 3.63) is 43.6 Å². The lowest BCUT2D eigenvalue weighted by molar-refractivity contribution is 0.383. The summed E-state index contributed by atoms with van der Waals surface area (Å²) in [6.45, 7) is 8.75. The zero-order valence-corrected chi connectivity index (χ0v) is 8.88. The smallest absolute Gasteiger partial charge is 0.259 e. The first kappa shape index (κ1) is 11.2. The van der Waals surface area contributed by atoms with Gasteiger partial charge in [0, 0.05) is 0 Å². The molecule has 1 heterocycles. The highest BCUT2D eigenvalue weighted by atomic mass is 16.2. The van der Waals surface area contributed by atoms with E-state index in [9.17, 15) is 14.4 Å². The number of nitrogens with one attached hydrogen (secondary N) is 2. The van der Waals surface area contributed by atoms with Gasteiger partial charge in [-0.2, -0.15) is 0 Å². The van der Waals surface area contributed by atoms with Crippen molar-refractivity contribution in [1.82, 2.24) is 14.5 Å². The van der Waals surface area contributed by atoms with E-state index in [0.717, 1.165) is 4.57 Å². The van der Waals surface area contributed by atoms with Crippen molar-refractivity contribution in [2.75, 3.05) is 0 Å². The van der Waals surface area contributed by atoms with Gasteiger partial charge >= 0.3 is 17.1 Å². The Bertz CT molecular complexity index is 525. The van der Waals surface area contributed by atoms with Gasteiger partial charge in [-0.3, -0.25) is 9.97 Å². The molecule has 0 aromatic carbocycles. The molecule has 0 aliphatic heterocycles. The zero-order valence-electron chi connectivity index (χ0n) is 8.88. The Morgan fingerprint density at radius 1 is 1.20 bits per heavy atom. The first-order chi connectivity index (χ1) is 6.76. The van der Waals surface area contributed by atoms with Crippen molar-refractivity contribution in [3.8, 4) is 0 Å². The van der Waals surface area contributed by atoms with E-state index in [1.807, 2.05) is 9.97 Å². The molecule has 1 aromatic heterocycles. The van der Waals surface area contributed by atoms with Crippen molar-refractivity contribution >= 4 is 0 Å². The fourth-order valence-corrected chi connectivity index (χ4v) is 1.13. The van der Waals surface area contributed by atoms with Crippen LogP contribution in [0.1, 0.15) is 20.8 Å². The summed E-state index contributed by atoms with van der Waals surface area (Å²) in [5.41, 5.74) is -2.48. The lowest BCUT2D eigenvalue weighted by atomic mass is 9.97. The van der Waals surface area contributed by atoms with Crippen LogP contribution in [0, 0.1) is 0 Å². The second kappa shape index (κ2) is 3.38. The van der Waals surface area contributed by atoms with Crippen molar-refractivity contribution < 1.29 is 0 Å². The van der Waals surface area contributed by atoms with Crippen LogP contribution in [0.15, 0.2) is 26.5 Å². The molecule has 6 nitrogen and oxygen atoms in total. The van der Waals surface area contributed by atoms with E-state index < -0.39 is 22.6 Å². The first-order valence-electron chi connectivity index (χ1n) is 4.39. The molecule has 0 aliphatic rings. The first-order valence-corrected chi connectivity index (χ1v) is 4.39. The minimum atomic E-state index is -0.838. The summed E-state index contributed by atoms with van der Waals surface area (Å²) >= 11 is 0. The van der Waals surface area contributed by atoms with Crippen molar-refractivity contribution in [2.45, 2.75) is 26.3 Å². The van der Waals surface area contributed by atoms with Crippen LogP contribution in [-0.4, -0.2) is 14.5 Å². The molecule has 0 saturated carbocycles. The molecular weight excluding hydrogens is 198 g/mol. The lowest BCUT2D eigenvalue weighted by Crippen LogP contribution is -2.51. The van der Waals surface area contributed by atoms with E-state index in [2.05, 4.69) is 6.58 Å². The Hall–Kier alpha value is -1.85. The van der Waals surface area contributed by atoms with Crippen LogP contribution >= 0.6 is 0 Å². The molecule has 15 heavy (non-hydrogen) atoms. The standard InChI is InChI=1S/C9H13N3O3/c1-5(2)9(3,4)12-7(14)10-6(13)11-8(12)15/h1H2,2-4H3,(H2,10,11,13,14,15). The molecule has 82 valence electrons. The third-order valence-electron chi connectivity index (χ3n) is 2.45. The molecular formula is C9H13N3O3. The van der Waals surface area contributed by atoms with Crippen molar-refractivity contribution in [3.63, 3.8) is 0 Å². The van der Waals surface area contributed by atoms with E-state index in [-0.39, 0.29) is 0 Å². The van der Waals surface area contributed by atoms with Gasteiger partial charge in [-0.1, -0.05) is 12.2 Å². The van der Waals surface area contributed by atoms with E-state index in [1.165, 1.54) is 0 Å². The Kier molecular flexibility index (Phi) is 2.53. The molecule has 0 aliphatic carbocycles. The topological polar surface area (TPSA) is 87.7 Å². The highest BCUT2D eigenvalue weighted by Crippen LogP contribution is 2.18. The number of H-pyrrole nitrogens is 2. The van der Waals surface area contributed by atoms with Crippen LogP contribution in [0.2, 0.25) is 0 Å². The summed E-state index contributed by atoms with van der Waals surface area (Å²) in [5.74, 6) is 0. The summed E-state index contributed by atoms with van der Waals surface area (Å²) in [5, 5.41) is 0. The van der Waals surface area contributed by atoms with E-state index >= 15 is 0 Å². The molecule has 0 unspecified atom stereocenters. The summed E-state index contributed by atoms with van der Waals surface area (Å²) in [6.07, 6.45) is 0. The number of hydrogen-bond acceptors (Lipinski definition) is 3. The monoisotopic (exact) mass is 211 g/mol. The average Bonchev–Trinajstić information content (AvgIpc) is 2.00. The highest BCUT2D eigenvalue weighted by molar-refractivity contribution is 5.08. The maximum atomic E-state index is 11.5. The number of aromatic amines is 2. The summed E-state index contributed by atoms with van der Waals surface area (Å²) < 4.78 is 0.927. The molecule has 0 amide bonds. The SMILES string of the molecule is C=C(C)C(C)(C)n1c(=O)[nH]c(=O)[nH]c1=O. The Labute approximate surface area is 85.3 Å². The minimum absolute atomic E-state index is 0.641. The quantitative estimate of drug-likeness (QED) is 0.648. The molecule has 0 bridgehead atoms. The number of rotatable bonds is 2. The molecule has 1 rings (SSSR count). The normalized spacial score (nSPS) is 11.4. The van der Waals surface area contributed by atoms with E-state index in [4.69, 9.17) is 0 Å². The average molecular weight is 211 g/mol. The number of aromatic nitrogens is 3. The summed E-state index contributed by atoms with van der Waals surface area (Å²) in [4.78, 5) is 37.7. The molecule has 0 saturated heterocycles. The van der Waals surface area contributed by atoms with Gasteiger partial charge in [-0.05, 0) is 20.8 Å². The van der Waals surface area contributed by atoms with Crippen LogP contribution in [0.4, 0.5) is 0 Å². The second-order valence-corrected chi connectivity index (χ2v) is 3.86. The van der Waals surface area contributed by atoms with Crippen LogP contribution < -0.4 is 17.1 Å². The second-order valence-electron chi connectivity index (χ2n) is 3.86. The van der Waals surface area contributed by atoms with Crippen LogP contribution in [-0.2, 0) is 5.54 Å². The largest absolute Gasteiger partial charge is 0.334 e. The molecule has 2 N–H and O–H groups in total. The molecule has 6 heteroatoms. The van der Waals surface area contributed by atoms with Crippen LogP contribution in [0.5, 0.6) is 0 Å². The zero-order chi connectivity index (χ0) is 11.8. The van der Waals surface area contributed by atoms with Gasteiger partial charge in [0.2, 0.25) is 0 Å². The van der Waals surface area contributed by atoms with Crippen molar-refractivity contribution in [2.24, 2.45) is 0 Å². The molecule has 0 fully saturated rings.